The van der Waals surface area contributed by atoms with Crippen LogP contribution in [0.5, 0.6) is 11.5 Å². The SMILES string of the molecule is C=CC1=CC(C)C(COc2ccc([C@]3(C4=CC=CCC4)c4cc(C5=CC=CCC5)ccc4-c4ccc(N(c5ccccc5)c5ccc(-c6ccc(N(c7ccccc7)c7ccc8c(c7)[C@@](c7ccccc7)(c7ccc(OCc9ccc(C=C)cc9)cc7)c7cc(-c9ccccc9)ccc7-8)cc6)cc5)cc43)cc2)C=C1. The van der Waals surface area contributed by atoms with Gasteiger partial charge in [0.05, 0.1) is 17.4 Å². The summed E-state index contributed by atoms with van der Waals surface area (Å²) >= 11 is 0. The van der Waals surface area contributed by atoms with E-state index in [1.54, 1.807) is 0 Å². The third kappa shape index (κ3) is 12.5. The molecule has 4 heteroatoms. The molecule has 0 aromatic heterocycles. The number of hydrogen-bond acceptors (Lipinski definition) is 4. The van der Waals surface area contributed by atoms with E-state index in [0.29, 0.717) is 19.1 Å². The third-order valence-corrected chi connectivity index (χ3v) is 23.1. The van der Waals surface area contributed by atoms with E-state index in [9.17, 15) is 0 Å². The van der Waals surface area contributed by atoms with E-state index in [0.717, 1.165) is 99.1 Å². The van der Waals surface area contributed by atoms with E-state index in [4.69, 9.17) is 9.47 Å². The molecule has 0 radical (unpaired) electrons. The van der Waals surface area contributed by atoms with E-state index < -0.39 is 10.8 Å². The molecule has 526 valence electrons. The number of allylic oxidation sites excluding steroid dienone is 12. The van der Waals surface area contributed by atoms with Crippen molar-refractivity contribution in [2.75, 3.05) is 16.4 Å². The Labute approximate surface area is 641 Å². The highest BCUT2D eigenvalue weighted by molar-refractivity contribution is 5.94. The van der Waals surface area contributed by atoms with Crippen LogP contribution in [0.1, 0.15) is 88.2 Å². The van der Waals surface area contributed by atoms with E-state index in [1.807, 2.05) is 12.2 Å². The first-order valence-corrected chi connectivity index (χ1v) is 38.4. The largest absolute Gasteiger partial charge is 0.493 e. The van der Waals surface area contributed by atoms with Crippen molar-refractivity contribution >= 4 is 45.8 Å². The first-order chi connectivity index (χ1) is 53.8. The summed E-state index contributed by atoms with van der Waals surface area (Å²) in [6.07, 6.45) is 28.3. The van der Waals surface area contributed by atoms with Gasteiger partial charge >= 0.3 is 0 Å². The summed E-state index contributed by atoms with van der Waals surface area (Å²) in [4.78, 5) is 4.84. The zero-order valence-corrected chi connectivity index (χ0v) is 61.4. The maximum atomic E-state index is 6.67. The van der Waals surface area contributed by atoms with E-state index in [-0.39, 0.29) is 5.92 Å². The molecule has 5 aliphatic rings. The topological polar surface area (TPSA) is 24.9 Å². The Morgan fingerprint density at radius 2 is 0.844 bits per heavy atom. The predicted octanol–water partition coefficient (Wildman–Crippen LogP) is 27.2. The minimum absolute atomic E-state index is 0.273. The van der Waals surface area contributed by atoms with Gasteiger partial charge in [0.25, 0.3) is 0 Å². The summed E-state index contributed by atoms with van der Waals surface area (Å²) in [5, 5.41) is 0. The Balaban J connectivity index is 0.702. The van der Waals surface area contributed by atoms with Crippen LogP contribution in [0.4, 0.5) is 34.1 Å². The molecule has 13 aromatic rings. The van der Waals surface area contributed by atoms with Crippen LogP contribution in [0.25, 0.3) is 56.2 Å². The third-order valence-electron chi connectivity index (χ3n) is 23.1. The van der Waals surface area contributed by atoms with Crippen LogP contribution in [0, 0.1) is 11.8 Å². The molecule has 0 fully saturated rings. The summed E-state index contributed by atoms with van der Waals surface area (Å²) < 4.78 is 13.2. The molecule has 4 atom stereocenters. The van der Waals surface area contributed by atoms with Gasteiger partial charge in [-0.15, -0.1) is 0 Å². The molecule has 13 aromatic carbocycles. The molecule has 2 unspecified atom stereocenters. The van der Waals surface area contributed by atoms with Crippen LogP contribution in [-0.4, -0.2) is 6.61 Å². The summed E-state index contributed by atoms with van der Waals surface area (Å²) in [7, 11) is 0. The summed E-state index contributed by atoms with van der Waals surface area (Å²) in [5.74, 6) is 2.31. The van der Waals surface area contributed by atoms with Gasteiger partial charge in [0, 0.05) is 40.0 Å². The second-order valence-electron chi connectivity index (χ2n) is 29.3. The smallest absolute Gasteiger partial charge is 0.119 e. The first-order valence-electron chi connectivity index (χ1n) is 38.4. The quantitative estimate of drug-likeness (QED) is 0.0716. The van der Waals surface area contributed by atoms with Crippen LogP contribution in [-0.2, 0) is 17.4 Å². The predicted molar refractivity (Wildman–Crippen MR) is 455 cm³/mol. The second-order valence-corrected chi connectivity index (χ2v) is 29.3. The maximum absolute atomic E-state index is 6.67. The molecule has 0 heterocycles. The Kier molecular flexibility index (Phi) is 18.3. The van der Waals surface area contributed by atoms with Gasteiger partial charge in [0.1, 0.15) is 18.1 Å². The Hall–Kier alpha value is -13.0. The summed E-state index contributed by atoms with van der Waals surface area (Å²) in [5.41, 5.74) is 30.7. The standard InChI is InChI=1S/C105H84N2O2/c1-4-74-36-38-76(39-37-74)71-108-94-58-48-86(49-59-94)104(84-28-16-8-17-29-84)100-67-81(77-24-12-6-13-25-77)46-62-96(100)98-64-56-92(69-102(98)104)106(88-32-20-10-21-33-88)90-52-42-79(43-53-90)80-44-54-91(55-45-80)107(89-34-22-11-23-35-89)93-57-65-99-97-63-47-82(78-26-14-7-15-27-78)68-101(97)105(103(99)70-93,85-30-18-9-19-31-85)87-50-60-95(61-51-87)109-72-83-41-40-75(5-2)66-73(83)3/h4-14,16-18,20-26,28-30,32-70,73,83H,1-2,15,19,27,31,71-72H2,3H3/t73?,83?,104-,105+/m0/s1. The molecule has 4 nitrogen and oxygen atoms in total. The van der Waals surface area contributed by atoms with Gasteiger partial charge in [-0.3, -0.25) is 0 Å². The number of hydrogen-bond donors (Lipinski definition) is 0. The van der Waals surface area contributed by atoms with Crippen molar-refractivity contribution in [1.29, 1.82) is 0 Å². The molecule has 18 rings (SSSR count). The number of anilines is 6. The van der Waals surface area contributed by atoms with Gasteiger partial charge < -0.3 is 19.3 Å². The highest BCUT2D eigenvalue weighted by atomic mass is 16.5. The van der Waals surface area contributed by atoms with Crippen LogP contribution in [0.2, 0.25) is 0 Å². The zero-order chi connectivity index (χ0) is 73.3. The molecule has 0 saturated carbocycles. The van der Waals surface area contributed by atoms with Crippen LogP contribution >= 0.6 is 0 Å². The van der Waals surface area contributed by atoms with Crippen molar-refractivity contribution in [2.45, 2.75) is 50.0 Å². The van der Waals surface area contributed by atoms with Crippen LogP contribution in [0.15, 0.2) is 401 Å². The van der Waals surface area contributed by atoms with Crippen molar-refractivity contribution in [1.82, 2.24) is 0 Å². The molecule has 0 spiro atoms. The lowest BCUT2D eigenvalue weighted by Gasteiger charge is -2.37. The van der Waals surface area contributed by atoms with Crippen molar-refractivity contribution in [2.24, 2.45) is 11.8 Å². The minimum atomic E-state index is -0.707. The Bertz CT molecular complexity index is 5750. The number of nitrogens with zero attached hydrogens (tertiary/aromatic N) is 2. The lowest BCUT2D eigenvalue weighted by Crippen LogP contribution is -2.30. The molecule has 0 N–H and O–H groups in total. The molecule has 0 bridgehead atoms. The lowest BCUT2D eigenvalue weighted by atomic mass is 9.65. The molecule has 0 amide bonds. The lowest BCUT2D eigenvalue weighted by molar-refractivity contribution is 0.250. The summed E-state index contributed by atoms with van der Waals surface area (Å²) in [6.45, 7) is 11.3. The Morgan fingerprint density at radius 3 is 1.39 bits per heavy atom. The molecular formula is C105H84N2O2. The first kappa shape index (κ1) is 67.8. The van der Waals surface area contributed by atoms with Crippen LogP contribution in [0.3, 0.4) is 0 Å². The second kappa shape index (κ2) is 29.4. The van der Waals surface area contributed by atoms with Gasteiger partial charge in [-0.05, 0) is 252 Å². The number of fused-ring (bicyclic) bond motifs is 6. The fourth-order valence-corrected chi connectivity index (χ4v) is 17.6. The fraction of sp³-hybridized carbons (Fsp3) is 0.105. The zero-order valence-electron chi connectivity index (χ0n) is 61.4. The van der Waals surface area contributed by atoms with E-state index >= 15 is 0 Å². The van der Waals surface area contributed by atoms with Gasteiger partial charge in [0.15, 0.2) is 0 Å². The number of ether oxygens (including phenoxy) is 2. The maximum Gasteiger partial charge on any atom is 0.119 e. The normalized spacial score (nSPS) is 17.7. The number of rotatable bonds is 21. The average Bonchev–Trinajstić information content (AvgIpc) is 1.55. The van der Waals surface area contributed by atoms with Gasteiger partial charge in [0.2, 0.25) is 0 Å². The van der Waals surface area contributed by atoms with Gasteiger partial charge in [-0.1, -0.05) is 299 Å². The monoisotopic (exact) mass is 1400 g/mol. The number of benzene rings is 13. The van der Waals surface area contributed by atoms with Gasteiger partial charge in [-0.2, -0.15) is 0 Å². The van der Waals surface area contributed by atoms with Crippen molar-refractivity contribution < 1.29 is 9.47 Å². The molecule has 5 aliphatic carbocycles. The van der Waals surface area contributed by atoms with Crippen molar-refractivity contribution in [3.8, 4) is 56.0 Å². The minimum Gasteiger partial charge on any atom is -0.493 e. The van der Waals surface area contributed by atoms with Crippen molar-refractivity contribution in [3.63, 3.8) is 0 Å². The van der Waals surface area contributed by atoms with E-state index in [1.165, 1.54) is 89.0 Å². The van der Waals surface area contributed by atoms with Gasteiger partial charge in [-0.25, -0.2) is 0 Å². The highest BCUT2D eigenvalue weighted by Gasteiger charge is 2.49. The summed E-state index contributed by atoms with van der Waals surface area (Å²) in [6, 6.07) is 117. The molecule has 0 saturated heterocycles. The highest BCUT2D eigenvalue weighted by Crippen LogP contribution is 2.61. The molecular weight excluding hydrogens is 1320 g/mol. The van der Waals surface area contributed by atoms with E-state index in [2.05, 4.69) is 400 Å². The average molecular weight is 1410 g/mol. The van der Waals surface area contributed by atoms with Crippen LogP contribution < -0.4 is 19.3 Å². The van der Waals surface area contributed by atoms with Crippen molar-refractivity contribution in [3.05, 3.63) is 456 Å². The fourth-order valence-electron chi connectivity index (χ4n) is 17.6. The Morgan fingerprint density at radius 1 is 0.394 bits per heavy atom. The molecule has 109 heavy (non-hydrogen) atoms. The number of para-hydroxylation sites is 2. The molecule has 0 aliphatic heterocycles.